The largest absolute Gasteiger partial charge is 0.368 e. The third-order valence-electron chi connectivity index (χ3n) is 4.48. The average molecular weight is 370 g/mol. The van der Waals surface area contributed by atoms with Gasteiger partial charge in [0.25, 0.3) is 0 Å². The molecule has 7 heteroatoms. The second kappa shape index (κ2) is 7.05. The lowest BCUT2D eigenvalue weighted by atomic mass is 10.1. The molecule has 3 heterocycles. The molecule has 0 aliphatic carbocycles. The molecule has 1 atom stereocenters. The minimum atomic E-state index is -0.0963. The molecule has 26 heavy (non-hydrogen) atoms. The van der Waals surface area contributed by atoms with E-state index in [0.29, 0.717) is 17.6 Å². The van der Waals surface area contributed by atoms with Gasteiger partial charge in [-0.1, -0.05) is 11.6 Å². The Labute approximate surface area is 157 Å². The van der Waals surface area contributed by atoms with Crippen molar-refractivity contribution in [1.82, 2.24) is 15.0 Å². The van der Waals surface area contributed by atoms with Gasteiger partial charge in [0.15, 0.2) is 0 Å². The Morgan fingerprint density at radius 2 is 2.00 bits per heavy atom. The Balaban J connectivity index is 1.64. The second-order valence-corrected chi connectivity index (χ2v) is 6.91. The van der Waals surface area contributed by atoms with Crippen LogP contribution in [0.5, 0.6) is 0 Å². The van der Waals surface area contributed by atoms with E-state index < -0.39 is 0 Å². The Bertz CT molecular complexity index is 933. The van der Waals surface area contributed by atoms with Gasteiger partial charge >= 0.3 is 0 Å². The number of halogens is 1. The van der Waals surface area contributed by atoms with Crippen LogP contribution in [0.4, 0.5) is 11.6 Å². The summed E-state index contributed by atoms with van der Waals surface area (Å²) < 4.78 is 5.99. The van der Waals surface area contributed by atoms with Gasteiger partial charge in [-0.15, -0.1) is 0 Å². The highest BCUT2D eigenvalue weighted by atomic mass is 35.5. The van der Waals surface area contributed by atoms with Crippen LogP contribution in [-0.2, 0) is 4.74 Å². The summed E-state index contributed by atoms with van der Waals surface area (Å²) in [5, 5.41) is 1.79. The monoisotopic (exact) mass is 369 g/mol. The Kier molecular flexibility index (Phi) is 4.61. The highest BCUT2D eigenvalue weighted by Gasteiger charge is 2.25. The van der Waals surface area contributed by atoms with E-state index in [1.165, 1.54) is 0 Å². The van der Waals surface area contributed by atoms with Gasteiger partial charge in [0, 0.05) is 55.7 Å². The summed E-state index contributed by atoms with van der Waals surface area (Å²) >= 11 is 6.11. The van der Waals surface area contributed by atoms with Crippen LogP contribution in [0.2, 0.25) is 5.02 Å². The molecule has 0 N–H and O–H groups in total. The van der Waals surface area contributed by atoms with Gasteiger partial charge in [-0.05, 0) is 30.3 Å². The zero-order valence-corrected chi connectivity index (χ0v) is 15.5. The molecular weight excluding hydrogens is 350 g/mol. The normalized spacial score (nSPS) is 17.5. The summed E-state index contributed by atoms with van der Waals surface area (Å²) in [5.74, 6) is 0.687. The third kappa shape index (κ3) is 3.30. The van der Waals surface area contributed by atoms with Crippen LogP contribution in [-0.4, -0.2) is 48.7 Å². The first kappa shape index (κ1) is 17.0. The van der Waals surface area contributed by atoms with Crippen LogP contribution >= 0.6 is 11.6 Å². The summed E-state index contributed by atoms with van der Waals surface area (Å²) in [6, 6.07) is 9.79. The highest BCUT2D eigenvalue weighted by Crippen LogP contribution is 2.31. The van der Waals surface area contributed by atoms with Crippen LogP contribution in [0.3, 0.4) is 0 Å². The van der Waals surface area contributed by atoms with Crippen molar-refractivity contribution in [2.45, 2.75) is 6.10 Å². The van der Waals surface area contributed by atoms with E-state index in [1.54, 1.807) is 6.20 Å². The lowest BCUT2D eigenvalue weighted by Gasteiger charge is -2.35. The minimum absolute atomic E-state index is 0.0963. The molecule has 1 unspecified atom stereocenters. The number of hydrogen-bond acceptors (Lipinski definition) is 6. The topological polar surface area (TPSA) is 54.4 Å². The SMILES string of the molecule is CN(C)c1nccc(C2CN(c3ccnc4cc(Cl)ccc34)CCO2)n1. The Morgan fingerprint density at radius 1 is 1.15 bits per heavy atom. The summed E-state index contributed by atoms with van der Waals surface area (Å²) in [4.78, 5) is 17.6. The fourth-order valence-corrected chi connectivity index (χ4v) is 3.35. The molecule has 0 spiro atoms. The van der Waals surface area contributed by atoms with E-state index in [1.807, 2.05) is 55.5 Å². The first-order valence-electron chi connectivity index (χ1n) is 8.53. The molecule has 4 rings (SSSR count). The molecule has 1 aliphatic rings. The van der Waals surface area contributed by atoms with Crippen molar-refractivity contribution in [1.29, 1.82) is 0 Å². The van der Waals surface area contributed by atoms with Crippen molar-refractivity contribution in [3.05, 3.63) is 53.4 Å². The average Bonchev–Trinajstić information content (AvgIpc) is 2.67. The lowest BCUT2D eigenvalue weighted by molar-refractivity contribution is 0.0371. The van der Waals surface area contributed by atoms with Gasteiger partial charge in [-0.2, -0.15) is 0 Å². The van der Waals surface area contributed by atoms with Gasteiger partial charge < -0.3 is 14.5 Å². The Morgan fingerprint density at radius 3 is 2.85 bits per heavy atom. The molecule has 0 saturated carbocycles. The van der Waals surface area contributed by atoms with E-state index >= 15 is 0 Å². The second-order valence-electron chi connectivity index (χ2n) is 6.47. The maximum absolute atomic E-state index is 6.11. The van der Waals surface area contributed by atoms with E-state index in [9.17, 15) is 0 Å². The molecule has 6 nitrogen and oxygen atoms in total. The first-order valence-corrected chi connectivity index (χ1v) is 8.91. The number of anilines is 2. The van der Waals surface area contributed by atoms with Crippen LogP contribution in [0, 0.1) is 0 Å². The number of morpholine rings is 1. The predicted molar refractivity (Wildman–Crippen MR) is 104 cm³/mol. The van der Waals surface area contributed by atoms with E-state index in [0.717, 1.165) is 35.4 Å². The molecule has 1 aromatic carbocycles. The molecule has 1 fully saturated rings. The number of hydrogen-bond donors (Lipinski definition) is 0. The molecule has 2 aromatic heterocycles. The van der Waals surface area contributed by atoms with Crippen molar-refractivity contribution >= 4 is 34.1 Å². The number of fused-ring (bicyclic) bond motifs is 1. The molecule has 0 amide bonds. The first-order chi connectivity index (χ1) is 12.6. The van der Waals surface area contributed by atoms with Gasteiger partial charge in [0.2, 0.25) is 5.95 Å². The summed E-state index contributed by atoms with van der Waals surface area (Å²) in [6.45, 7) is 2.19. The molecule has 0 bridgehead atoms. The number of nitrogens with zero attached hydrogens (tertiary/aromatic N) is 5. The molecule has 0 radical (unpaired) electrons. The molecule has 1 aliphatic heterocycles. The van der Waals surface area contributed by atoms with E-state index in [-0.39, 0.29) is 6.10 Å². The standard InChI is InChI=1S/C19H20ClN5O/c1-24(2)19-22-7-5-15(23-19)18-12-25(9-10-26-18)17-6-8-21-16-11-13(20)3-4-14(16)17/h3-8,11,18H,9-10,12H2,1-2H3. The van der Waals surface area contributed by atoms with Crippen LogP contribution in [0.15, 0.2) is 42.7 Å². The predicted octanol–water partition coefficient (Wildman–Crippen LogP) is 3.32. The number of aromatic nitrogens is 3. The number of ether oxygens (including phenoxy) is 1. The lowest BCUT2D eigenvalue weighted by Crippen LogP contribution is -2.38. The van der Waals surface area contributed by atoms with Crippen molar-refractivity contribution in [2.24, 2.45) is 0 Å². The third-order valence-corrected chi connectivity index (χ3v) is 4.72. The smallest absolute Gasteiger partial charge is 0.225 e. The zero-order chi connectivity index (χ0) is 18.1. The quantitative estimate of drug-likeness (QED) is 0.706. The molecule has 134 valence electrons. The zero-order valence-electron chi connectivity index (χ0n) is 14.8. The van der Waals surface area contributed by atoms with Crippen LogP contribution in [0.25, 0.3) is 10.9 Å². The van der Waals surface area contributed by atoms with Gasteiger partial charge in [0.1, 0.15) is 6.10 Å². The maximum atomic E-state index is 6.11. The number of rotatable bonds is 3. The minimum Gasteiger partial charge on any atom is -0.368 e. The highest BCUT2D eigenvalue weighted by molar-refractivity contribution is 6.31. The van der Waals surface area contributed by atoms with Crippen molar-refractivity contribution in [3.63, 3.8) is 0 Å². The summed E-state index contributed by atoms with van der Waals surface area (Å²) in [6.07, 6.45) is 3.51. The maximum Gasteiger partial charge on any atom is 0.225 e. The summed E-state index contributed by atoms with van der Waals surface area (Å²) in [5.41, 5.74) is 2.94. The van der Waals surface area contributed by atoms with E-state index in [2.05, 4.69) is 19.9 Å². The molecule has 1 saturated heterocycles. The van der Waals surface area contributed by atoms with Crippen LogP contribution < -0.4 is 9.80 Å². The fraction of sp³-hybridized carbons (Fsp3) is 0.316. The van der Waals surface area contributed by atoms with Crippen molar-refractivity contribution in [2.75, 3.05) is 43.6 Å². The van der Waals surface area contributed by atoms with Crippen molar-refractivity contribution in [3.8, 4) is 0 Å². The van der Waals surface area contributed by atoms with E-state index in [4.69, 9.17) is 16.3 Å². The van der Waals surface area contributed by atoms with Gasteiger partial charge in [-0.3, -0.25) is 4.98 Å². The van der Waals surface area contributed by atoms with Gasteiger partial charge in [0.05, 0.1) is 17.8 Å². The number of pyridine rings is 1. The summed E-state index contributed by atoms with van der Waals surface area (Å²) in [7, 11) is 3.86. The Hall–Kier alpha value is -2.44. The van der Waals surface area contributed by atoms with Crippen LogP contribution in [0.1, 0.15) is 11.8 Å². The number of benzene rings is 1. The molecule has 3 aromatic rings. The van der Waals surface area contributed by atoms with Gasteiger partial charge in [-0.25, -0.2) is 9.97 Å². The fourth-order valence-electron chi connectivity index (χ4n) is 3.19. The van der Waals surface area contributed by atoms with Crippen molar-refractivity contribution < 1.29 is 4.74 Å². The molecular formula is C19H20ClN5O.